The van der Waals surface area contributed by atoms with E-state index < -0.39 is 0 Å². The molecule has 1 rings (SSSR count). The maximum Gasteiger partial charge on any atom is 0.242 e. The van der Waals surface area contributed by atoms with Crippen molar-refractivity contribution in [1.29, 1.82) is 0 Å². The normalized spacial score (nSPS) is 12.2. The quantitative estimate of drug-likeness (QED) is 0.747. The zero-order chi connectivity index (χ0) is 12.7. The van der Waals surface area contributed by atoms with Crippen LogP contribution in [0.3, 0.4) is 0 Å². The second-order valence-electron chi connectivity index (χ2n) is 3.58. The second kappa shape index (κ2) is 6.90. The van der Waals surface area contributed by atoms with Gasteiger partial charge in [0.2, 0.25) is 5.88 Å². The van der Waals surface area contributed by atoms with E-state index in [2.05, 4.69) is 15.3 Å². The molecule has 1 unspecified atom stereocenters. The molecule has 0 bridgehead atoms. The van der Waals surface area contributed by atoms with Crippen molar-refractivity contribution in [2.75, 3.05) is 30.9 Å². The number of aromatic nitrogens is 2. The van der Waals surface area contributed by atoms with Gasteiger partial charge in [-0.2, -0.15) is 4.98 Å². The van der Waals surface area contributed by atoms with E-state index in [9.17, 15) is 0 Å². The highest BCUT2D eigenvalue weighted by atomic mass is 16.5. The van der Waals surface area contributed by atoms with Gasteiger partial charge in [-0.25, -0.2) is 4.98 Å². The first-order valence-electron chi connectivity index (χ1n) is 5.76. The summed E-state index contributed by atoms with van der Waals surface area (Å²) in [7, 11) is 0. The van der Waals surface area contributed by atoms with Gasteiger partial charge in [0.05, 0.1) is 13.2 Å². The minimum Gasteiger partial charge on any atom is -0.476 e. The molecule has 0 aromatic carbocycles. The smallest absolute Gasteiger partial charge is 0.242 e. The van der Waals surface area contributed by atoms with Gasteiger partial charge in [-0.1, -0.05) is 0 Å². The minimum atomic E-state index is 0.127. The topological polar surface area (TPSA) is 82.3 Å². The third-order valence-electron chi connectivity index (χ3n) is 2.08. The van der Waals surface area contributed by atoms with Crippen LogP contribution >= 0.6 is 0 Å². The van der Waals surface area contributed by atoms with Crippen molar-refractivity contribution in [1.82, 2.24) is 9.97 Å². The lowest BCUT2D eigenvalue weighted by Crippen LogP contribution is -2.23. The molecule has 6 nitrogen and oxygen atoms in total. The van der Waals surface area contributed by atoms with E-state index in [-0.39, 0.29) is 6.04 Å². The van der Waals surface area contributed by atoms with Gasteiger partial charge in [-0.3, -0.25) is 0 Å². The Labute approximate surface area is 102 Å². The maximum atomic E-state index is 5.89. The van der Waals surface area contributed by atoms with E-state index >= 15 is 0 Å². The summed E-state index contributed by atoms with van der Waals surface area (Å²) < 4.78 is 10.6. The van der Waals surface area contributed by atoms with Crippen LogP contribution in [0, 0.1) is 0 Å². The summed E-state index contributed by atoms with van der Waals surface area (Å²) in [5.41, 5.74) is 6.32. The zero-order valence-electron chi connectivity index (χ0n) is 10.6. The maximum absolute atomic E-state index is 5.89. The second-order valence-corrected chi connectivity index (χ2v) is 3.58. The van der Waals surface area contributed by atoms with Crippen LogP contribution < -0.4 is 15.8 Å². The molecule has 3 N–H and O–H groups in total. The molecular formula is C11H20N4O2. The third-order valence-corrected chi connectivity index (χ3v) is 2.08. The Kier molecular flexibility index (Phi) is 5.48. The Balaban J connectivity index is 2.67. The monoisotopic (exact) mass is 240 g/mol. The molecular weight excluding hydrogens is 220 g/mol. The van der Waals surface area contributed by atoms with Crippen molar-refractivity contribution in [2.24, 2.45) is 0 Å². The number of nitrogens with zero attached hydrogens (tertiary/aromatic N) is 2. The molecule has 0 radical (unpaired) electrons. The predicted octanol–water partition coefficient (Wildman–Crippen LogP) is 1.29. The van der Waals surface area contributed by atoms with Crippen molar-refractivity contribution < 1.29 is 9.47 Å². The molecule has 17 heavy (non-hydrogen) atoms. The SMILES string of the molecule is CCOCC(C)Nc1ncnc(OCC)c1N. The lowest BCUT2D eigenvalue weighted by Gasteiger charge is -2.16. The average Bonchev–Trinajstić information content (AvgIpc) is 2.32. The van der Waals surface area contributed by atoms with E-state index in [1.165, 1.54) is 6.33 Å². The van der Waals surface area contributed by atoms with Crippen LogP contribution in [0.25, 0.3) is 0 Å². The number of rotatable bonds is 7. The molecule has 1 aromatic heterocycles. The molecule has 1 heterocycles. The third kappa shape index (κ3) is 4.07. The number of nitrogens with one attached hydrogen (secondary N) is 1. The van der Waals surface area contributed by atoms with E-state index in [1.807, 2.05) is 20.8 Å². The highest BCUT2D eigenvalue weighted by molar-refractivity contribution is 5.66. The van der Waals surface area contributed by atoms with E-state index in [1.54, 1.807) is 0 Å². The highest BCUT2D eigenvalue weighted by Gasteiger charge is 2.11. The van der Waals surface area contributed by atoms with Crippen LogP contribution in [0.2, 0.25) is 0 Å². The van der Waals surface area contributed by atoms with Crippen molar-refractivity contribution in [3.63, 3.8) is 0 Å². The van der Waals surface area contributed by atoms with Crippen molar-refractivity contribution in [3.8, 4) is 5.88 Å². The fourth-order valence-corrected chi connectivity index (χ4v) is 1.32. The fourth-order valence-electron chi connectivity index (χ4n) is 1.32. The molecule has 0 aliphatic heterocycles. The molecule has 0 spiro atoms. The number of ether oxygens (including phenoxy) is 2. The van der Waals surface area contributed by atoms with Gasteiger partial charge < -0.3 is 20.5 Å². The first-order chi connectivity index (χ1) is 8.19. The predicted molar refractivity (Wildman–Crippen MR) is 67.2 cm³/mol. The van der Waals surface area contributed by atoms with Gasteiger partial charge in [0, 0.05) is 12.6 Å². The molecule has 0 aliphatic carbocycles. The van der Waals surface area contributed by atoms with Crippen LogP contribution in [0.5, 0.6) is 5.88 Å². The summed E-state index contributed by atoms with van der Waals surface area (Å²) in [6.45, 7) is 7.65. The molecule has 0 fully saturated rings. The Bertz CT molecular complexity index is 346. The Morgan fingerprint density at radius 2 is 2.12 bits per heavy atom. The summed E-state index contributed by atoms with van der Waals surface area (Å²) in [4.78, 5) is 8.05. The van der Waals surface area contributed by atoms with E-state index in [4.69, 9.17) is 15.2 Å². The van der Waals surface area contributed by atoms with Crippen molar-refractivity contribution in [2.45, 2.75) is 26.8 Å². The van der Waals surface area contributed by atoms with Crippen LogP contribution in [-0.2, 0) is 4.74 Å². The zero-order valence-corrected chi connectivity index (χ0v) is 10.6. The van der Waals surface area contributed by atoms with Crippen LogP contribution in [-0.4, -0.2) is 35.8 Å². The Morgan fingerprint density at radius 3 is 2.76 bits per heavy atom. The molecule has 0 amide bonds. The van der Waals surface area contributed by atoms with Gasteiger partial charge in [0.25, 0.3) is 0 Å². The molecule has 0 aliphatic rings. The van der Waals surface area contributed by atoms with Crippen LogP contribution in [0.1, 0.15) is 20.8 Å². The van der Waals surface area contributed by atoms with Gasteiger partial charge in [-0.15, -0.1) is 0 Å². The lowest BCUT2D eigenvalue weighted by atomic mass is 10.3. The summed E-state index contributed by atoms with van der Waals surface area (Å²) in [6.07, 6.45) is 1.43. The fraction of sp³-hybridized carbons (Fsp3) is 0.636. The Hall–Kier alpha value is -1.56. The highest BCUT2D eigenvalue weighted by Crippen LogP contribution is 2.24. The number of hydrogen-bond acceptors (Lipinski definition) is 6. The summed E-state index contributed by atoms with van der Waals surface area (Å²) in [6, 6.07) is 0.127. The van der Waals surface area contributed by atoms with E-state index in [0.717, 1.165) is 0 Å². The van der Waals surface area contributed by atoms with Crippen molar-refractivity contribution in [3.05, 3.63) is 6.33 Å². The van der Waals surface area contributed by atoms with E-state index in [0.29, 0.717) is 37.2 Å². The van der Waals surface area contributed by atoms with Crippen molar-refractivity contribution >= 4 is 11.5 Å². The number of anilines is 2. The first-order valence-corrected chi connectivity index (χ1v) is 5.76. The molecule has 96 valence electrons. The standard InChI is InChI=1S/C11H20N4O2/c1-4-16-6-8(3)15-10-9(12)11(17-5-2)14-7-13-10/h7-8H,4-6,12H2,1-3H3,(H,13,14,15). The number of nitrogens with two attached hydrogens (primary N) is 1. The first kappa shape index (κ1) is 13.5. The lowest BCUT2D eigenvalue weighted by molar-refractivity contribution is 0.141. The molecule has 0 saturated carbocycles. The molecule has 1 aromatic rings. The summed E-state index contributed by atoms with van der Waals surface area (Å²) >= 11 is 0. The van der Waals surface area contributed by atoms with Crippen LogP contribution in [0.4, 0.5) is 11.5 Å². The summed E-state index contributed by atoms with van der Waals surface area (Å²) in [5.74, 6) is 0.990. The van der Waals surface area contributed by atoms with Crippen LogP contribution in [0.15, 0.2) is 6.33 Å². The molecule has 6 heteroatoms. The number of nitrogen functional groups attached to an aromatic ring is 1. The largest absolute Gasteiger partial charge is 0.476 e. The Morgan fingerprint density at radius 1 is 1.35 bits per heavy atom. The average molecular weight is 240 g/mol. The van der Waals surface area contributed by atoms with Gasteiger partial charge >= 0.3 is 0 Å². The number of hydrogen-bond donors (Lipinski definition) is 2. The van der Waals surface area contributed by atoms with Gasteiger partial charge in [0.15, 0.2) is 5.82 Å². The molecule has 0 saturated heterocycles. The summed E-state index contributed by atoms with van der Waals surface area (Å²) in [5, 5.41) is 3.16. The molecule has 1 atom stereocenters. The minimum absolute atomic E-state index is 0.127. The van der Waals surface area contributed by atoms with Gasteiger partial charge in [-0.05, 0) is 20.8 Å². The van der Waals surface area contributed by atoms with Gasteiger partial charge in [0.1, 0.15) is 12.0 Å².